The van der Waals surface area contributed by atoms with E-state index in [0.29, 0.717) is 24.3 Å². The van der Waals surface area contributed by atoms with Crippen molar-refractivity contribution in [1.29, 1.82) is 0 Å². The van der Waals surface area contributed by atoms with Crippen LogP contribution in [-0.2, 0) is 12.8 Å². The Bertz CT molecular complexity index is 1220. The molecule has 3 aromatic rings. The maximum Gasteiger partial charge on any atom is 0.160 e. The lowest BCUT2D eigenvalue weighted by Gasteiger charge is -2.21. The van der Waals surface area contributed by atoms with Crippen molar-refractivity contribution in [2.24, 2.45) is 0 Å². The molecule has 0 atom stereocenters. The van der Waals surface area contributed by atoms with Gasteiger partial charge in [0.05, 0.1) is 19.9 Å². The molecular formula is C28H30N2O4. The molecule has 176 valence electrons. The smallest absolute Gasteiger partial charge is 0.160 e. The van der Waals surface area contributed by atoms with E-state index in [4.69, 9.17) is 9.47 Å². The van der Waals surface area contributed by atoms with Gasteiger partial charge in [-0.15, -0.1) is 0 Å². The maximum atomic E-state index is 9.88. The number of rotatable bonds is 7. The summed E-state index contributed by atoms with van der Waals surface area (Å²) in [7, 11) is 3.11. The molecule has 0 bridgehead atoms. The van der Waals surface area contributed by atoms with Crippen LogP contribution < -0.4 is 19.9 Å². The van der Waals surface area contributed by atoms with Crippen LogP contribution in [-0.4, -0.2) is 24.4 Å². The van der Waals surface area contributed by atoms with Crippen molar-refractivity contribution in [2.45, 2.75) is 26.2 Å². The molecule has 0 aromatic heterocycles. The lowest BCUT2D eigenvalue weighted by molar-refractivity contribution is 0.373. The minimum absolute atomic E-state index is 0.138. The molecule has 0 radical (unpaired) electrons. The molecule has 0 spiro atoms. The van der Waals surface area contributed by atoms with Crippen LogP contribution in [0.4, 0.5) is 5.69 Å². The number of ether oxygens (including phenoxy) is 2. The van der Waals surface area contributed by atoms with Crippen molar-refractivity contribution >= 4 is 5.69 Å². The molecule has 6 nitrogen and oxygen atoms in total. The summed E-state index contributed by atoms with van der Waals surface area (Å²) in [5.74, 6) is 1.22. The molecule has 0 unspecified atom stereocenters. The molecule has 34 heavy (non-hydrogen) atoms. The highest BCUT2D eigenvalue weighted by Crippen LogP contribution is 2.31. The highest BCUT2D eigenvalue weighted by atomic mass is 16.5. The normalized spacial score (nSPS) is 15.6. The lowest BCUT2D eigenvalue weighted by Crippen LogP contribution is -2.28. The quantitative estimate of drug-likeness (QED) is 0.441. The number of benzene rings is 3. The van der Waals surface area contributed by atoms with Gasteiger partial charge in [-0.2, -0.15) is 0 Å². The molecule has 0 amide bonds. The first kappa shape index (κ1) is 23.1. The molecule has 6 heteroatoms. The second-order valence-electron chi connectivity index (χ2n) is 8.31. The maximum absolute atomic E-state index is 9.88. The van der Waals surface area contributed by atoms with Gasteiger partial charge >= 0.3 is 0 Å². The summed E-state index contributed by atoms with van der Waals surface area (Å²) < 4.78 is 10.5. The van der Waals surface area contributed by atoms with Gasteiger partial charge in [-0.05, 0) is 67.3 Å². The summed E-state index contributed by atoms with van der Waals surface area (Å²) >= 11 is 0. The minimum Gasteiger partial charge on any atom is -0.504 e. The summed E-state index contributed by atoms with van der Waals surface area (Å²) in [6.45, 7) is 2.08. The number of hydrazine groups is 1. The van der Waals surface area contributed by atoms with Gasteiger partial charge < -0.3 is 19.7 Å². The number of hydrogen-bond donors (Lipinski definition) is 3. The van der Waals surface area contributed by atoms with Crippen LogP contribution in [0.25, 0.3) is 0 Å². The van der Waals surface area contributed by atoms with Crippen molar-refractivity contribution in [3.63, 3.8) is 0 Å². The van der Waals surface area contributed by atoms with E-state index in [1.807, 2.05) is 24.3 Å². The van der Waals surface area contributed by atoms with Gasteiger partial charge in [-0.1, -0.05) is 42.0 Å². The third-order valence-corrected chi connectivity index (χ3v) is 5.85. The summed E-state index contributed by atoms with van der Waals surface area (Å²) in [5, 5.41) is 21.8. The number of aryl methyl sites for hydroxylation is 1. The molecule has 1 aliphatic heterocycles. The average Bonchev–Trinajstić information content (AvgIpc) is 3.26. The van der Waals surface area contributed by atoms with Gasteiger partial charge in [0, 0.05) is 17.8 Å². The number of hydrogen-bond acceptors (Lipinski definition) is 6. The number of phenols is 2. The first-order chi connectivity index (χ1) is 16.5. The first-order valence-corrected chi connectivity index (χ1v) is 11.2. The van der Waals surface area contributed by atoms with Gasteiger partial charge in [0.2, 0.25) is 0 Å². The number of methoxy groups -OCH3 is 2. The van der Waals surface area contributed by atoms with Crippen LogP contribution in [0.1, 0.15) is 23.1 Å². The Kier molecular flexibility index (Phi) is 6.97. The van der Waals surface area contributed by atoms with Crippen LogP contribution >= 0.6 is 0 Å². The second kappa shape index (κ2) is 10.3. The number of nitrogens with one attached hydrogen (secondary N) is 1. The van der Waals surface area contributed by atoms with Gasteiger partial charge in [0.1, 0.15) is 0 Å². The zero-order chi connectivity index (χ0) is 24.1. The molecule has 3 aromatic carbocycles. The van der Waals surface area contributed by atoms with Crippen LogP contribution in [0.5, 0.6) is 23.0 Å². The fourth-order valence-electron chi connectivity index (χ4n) is 3.91. The number of anilines is 1. The Morgan fingerprint density at radius 1 is 0.824 bits per heavy atom. The number of phenolic OH excluding ortho intramolecular Hbond substituents is 2. The molecule has 1 heterocycles. The Balaban J connectivity index is 1.57. The predicted octanol–water partition coefficient (Wildman–Crippen LogP) is 5.39. The van der Waals surface area contributed by atoms with E-state index in [1.54, 1.807) is 26.4 Å². The topological polar surface area (TPSA) is 74.2 Å². The molecule has 1 fully saturated rings. The molecule has 4 rings (SSSR count). The number of allylic oxidation sites excluding steroid dienone is 2. The Labute approximate surface area is 200 Å². The van der Waals surface area contributed by atoms with E-state index in [0.717, 1.165) is 34.6 Å². The zero-order valence-corrected chi connectivity index (χ0v) is 19.7. The van der Waals surface area contributed by atoms with Gasteiger partial charge in [0.15, 0.2) is 23.0 Å². The molecule has 1 aliphatic rings. The fourth-order valence-corrected chi connectivity index (χ4v) is 3.91. The van der Waals surface area contributed by atoms with Crippen LogP contribution in [0.15, 0.2) is 84.2 Å². The van der Waals surface area contributed by atoms with E-state index < -0.39 is 0 Å². The second-order valence-corrected chi connectivity index (χ2v) is 8.31. The fraction of sp³-hybridized carbons (Fsp3) is 0.214. The van der Waals surface area contributed by atoms with Crippen molar-refractivity contribution in [2.75, 3.05) is 19.2 Å². The Morgan fingerprint density at radius 2 is 1.38 bits per heavy atom. The Hall–Kier alpha value is -4.06. The van der Waals surface area contributed by atoms with E-state index in [9.17, 15) is 10.2 Å². The number of nitrogens with zero attached hydrogens (tertiary/aromatic N) is 1. The SMILES string of the molecule is COc1cc(CC=C2CC(=CCc3ccc(O)c(OC)c3)N(c3ccc(C)cc3)N2)ccc1O. The molecule has 1 saturated heterocycles. The van der Waals surface area contributed by atoms with Crippen molar-refractivity contribution < 1.29 is 19.7 Å². The van der Waals surface area contributed by atoms with E-state index in [2.05, 4.69) is 53.8 Å². The van der Waals surface area contributed by atoms with Crippen LogP contribution in [0, 0.1) is 6.92 Å². The molecular weight excluding hydrogens is 428 g/mol. The third-order valence-electron chi connectivity index (χ3n) is 5.85. The summed E-state index contributed by atoms with van der Waals surface area (Å²) in [6, 6.07) is 19.3. The largest absolute Gasteiger partial charge is 0.504 e. The summed E-state index contributed by atoms with van der Waals surface area (Å²) in [6.07, 6.45) is 6.54. The monoisotopic (exact) mass is 458 g/mol. The zero-order valence-electron chi connectivity index (χ0n) is 19.7. The standard InChI is InChI=1S/C28H30N2O4/c1-19-4-11-23(12-5-19)30-24(13-7-21-9-15-26(32)28(17-21)34-3)18-22(29-30)10-6-20-8-14-25(31)27(16-20)33-2/h4-5,8-17,29,31-32H,6-7,18H2,1-3H3. The summed E-state index contributed by atoms with van der Waals surface area (Å²) in [5.41, 5.74) is 10.2. The van der Waals surface area contributed by atoms with Gasteiger partial charge in [0.25, 0.3) is 0 Å². The van der Waals surface area contributed by atoms with Crippen LogP contribution in [0.2, 0.25) is 0 Å². The highest BCUT2D eigenvalue weighted by molar-refractivity contribution is 5.56. The highest BCUT2D eigenvalue weighted by Gasteiger charge is 2.22. The van der Waals surface area contributed by atoms with E-state index >= 15 is 0 Å². The van der Waals surface area contributed by atoms with Crippen molar-refractivity contribution in [3.05, 3.63) is 101 Å². The molecule has 0 aliphatic carbocycles. The van der Waals surface area contributed by atoms with Crippen molar-refractivity contribution in [1.82, 2.24) is 5.43 Å². The predicted molar refractivity (Wildman–Crippen MR) is 134 cm³/mol. The third kappa shape index (κ3) is 5.29. The van der Waals surface area contributed by atoms with Gasteiger partial charge in [-0.3, -0.25) is 10.4 Å². The van der Waals surface area contributed by atoms with Gasteiger partial charge in [-0.25, -0.2) is 0 Å². The summed E-state index contributed by atoms with van der Waals surface area (Å²) in [4.78, 5) is 0. The first-order valence-electron chi connectivity index (χ1n) is 11.2. The van der Waals surface area contributed by atoms with Crippen molar-refractivity contribution in [3.8, 4) is 23.0 Å². The van der Waals surface area contributed by atoms with E-state index in [1.165, 1.54) is 5.56 Å². The van der Waals surface area contributed by atoms with Crippen LogP contribution in [0.3, 0.4) is 0 Å². The molecule has 3 N–H and O–H groups in total. The minimum atomic E-state index is 0.138. The Morgan fingerprint density at radius 3 is 1.94 bits per heavy atom. The average molecular weight is 459 g/mol. The van der Waals surface area contributed by atoms with E-state index in [-0.39, 0.29) is 11.5 Å². The number of aromatic hydroxyl groups is 2. The molecule has 0 saturated carbocycles. The lowest BCUT2D eigenvalue weighted by atomic mass is 10.1.